The summed E-state index contributed by atoms with van der Waals surface area (Å²) in [6.45, 7) is 4.39. The number of pyridine rings is 3. The molecule has 7 rings (SSSR count). The van der Waals surface area contributed by atoms with Crippen LogP contribution in [0.25, 0.3) is 55.7 Å². The van der Waals surface area contributed by atoms with Gasteiger partial charge in [0, 0.05) is 54.1 Å². The monoisotopic (exact) mass is 590 g/mol. The number of aromatic nitrogens is 6. The van der Waals surface area contributed by atoms with Gasteiger partial charge in [-0.1, -0.05) is 6.42 Å². The van der Waals surface area contributed by atoms with Gasteiger partial charge in [0.05, 0.1) is 23.1 Å². The second kappa shape index (κ2) is 12.1. The molecule has 1 saturated heterocycles. The predicted molar refractivity (Wildman–Crippen MR) is 171 cm³/mol. The number of hydrogen-bond donors (Lipinski definition) is 2. The minimum atomic E-state index is -0.351. The average molecular weight is 591 g/mol. The van der Waals surface area contributed by atoms with Gasteiger partial charge in [0.25, 0.3) is 0 Å². The van der Waals surface area contributed by atoms with Gasteiger partial charge in [-0.15, -0.1) is 0 Å². The Bertz CT molecular complexity index is 1920. The van der Waals surface area contributed by atoms with E-state index in [-0.39, 0.29) is 5.82 Å². The lowest BCUT2D eigenvalue weighted by molar-refractivity contribution is 0.220. The van der Waals surface area contributed by atoms with Gasteiger partial charge < -0.3 is 14.6 Å². The van der Waals surface area contributed by atoms with Gasteiger partial charge in [-0.25, -0.2) is 9.37 Å². The van der Waals surface area contributed by atoms with Crippen molar-refractivity contribution in [2.24, 2.45) is 0 Å². The zero-order valence-electron chi connectivity index (χ0n) is 25.0. The molecule has 9 nitrogen and oxygen atoms in total. The lowest BCUT2D eigenvalue weighted by Gasteiger charge is -2.26. The molecular weight excluding hydrogens is 555 g/mol. The molecule has 6 heterocycles. The quantitative estimate of drug-likeness (QED) is 0.204. The molecule has 10 heteroatoms. The Morgan fingerprint density at radius 1 is 0.932 bits per heavy atom. The number of aromatic amines is 2. The highest BCUT2D eigenvalue weighted by Crippen LogP contribution is 2.35. The molecule has 1 fully saturated rings. The lowest BCUT2D eigenvalue weighted by Crippen LogP contribution is -2.29. The second-order valence-electron chi connectivity index (χ2n) is 11.7. The molecular formula is C34H35FN8O. The molecule has 6 aromatic rings. The van der Waals surface area contributed by atoms with Crippen LogP contribution in [0.1, 0.15) is 24.8 Å². The van der Waals surface area contributed by atoms with Crippen molar-refractivity contribution in [1.82, 2.24) is 39.9 Å². The summed E-state index contributed by atoms with van der Waals surface area (Å²) in [6.07, 6.45) is 11.2. The minimum Gasteiger partial charge on any atom is -0.492 e. The molecule has 0 radical (unpaired) electrons. The van der Waals surface area contributed by atoms with Gasteiger partial charge in [-0.05, 0) is 93.1 Å². The molecule has 0 aliphatic carbocycles. The van der Waals surface area contributed by atoms with E-state index in [0.717, 1.165) is 76.2 Å². The largest absolute Gasteiger partial charge is 0.492 e. The van der Waals surface area contributed by atoms with Gasteiger partial charge >= 0.3 is 0 Å². The Labute approximate surface area is 255 Å². The van der Waals surface area contributed by atoms with Crippen molar-refractivity contribution in [1.29, 1.82) is 0 Å². The van der Waals surface area contributed by atoms with Crippen LogP contribution in [0.2, 0.25) is 0 Å². The van der Waals surface area contributed by atoms with E-state index in [1.165, 1.54) is 37.0 Å². The number of rotatable bonds is 9. The fraction of sp³-hybridized carbons (Fsp3) is 0.294. The molecule has 5 aromatic heterocycles. The summed E-state index contributed by atoms with van der Waals surface area (Å²) in [5.41, 5.74) is 7.67. The zero-order valence-corrected chi connectivity index (χ0v) is 25.0. The standard InChI is InChI=1S/C34H35FN8O/c1-42(2)10-11-44-26-14-23(13-25(35)15-26)27-6-7-37-34-28(27)16-31(39-34)33-29-17-30(38-20-32(29)40-41-33)24-12-22(18-36-19-24)21-43-8-4-3-5-9-43/h6-7,12-20H,3-5,8-11,21H2,1-2H3,(H,37,39)(H,40,41). The van der Waals surface area contributed by atoms with E-state index in [9.17, 15) is 4.39 Å². The summed E-state index contributed by atoms with van der Waals surface area (Å²) in [7, 11) is 3.95. The van der Waals surface area contributed by atoms with Gasteiger partial charge in [-0.2, -0.15) is 5.10 Å². The number of H-pyrrole nitrogens is 2. The molecule has 2 N–H and O–H groups in total. The molecule has 0 bridgehead atoms. The molecule has 44 heavy (non-hydrogen) atoms. The maximum Gasteiger partial charge on any atom is 0.138 e. The number of fused-ring (bicyclic) bond motifs is 2. The third-order valence-electron chi connectivity index (χ3n) is 8.17. The Morgan fingerprint density at radius 2 is 1.82 bits per heavy atom. The smallest absolute Gasteiger partial charge is 0.138 e. The Hall–Kier alpha value is -4.67. The summed E-state index contributed by atoms with van der Waals surface area (Å²) in [4.78, 5) is 21.8. The summed E-state index contributed by atoms with van der Waals surface area (Å²) < 4.78 is 20.5. The molecule has 1 aliphatic rings. The van der Waals surface area contributed by atoms with Gasteiger partial charge in [0.2, 0.25) is 0 Å². The van der Waals surface area contributed by atoms with Crippen molar-refractivity contribution in [3.63, 3.8) is 0 Å². The van der Waals surface area contributed by atoms with Crippen LogP contribution in [-0.4, -0.2) is 80.3 Å². The number of likely N-dealkylation sites (N-methyl/N-ethyl adjacent to an activating group) is 1. The number of piperidine rings is 1. The van der Waals surface area contributed by atoms with E-state index in [0.29, 0.717) is 18.0 Å². The van der Waals surface area contributed by atoms with Crippen LogP contribution in [0.3, 0.4) is 0 Å². The first-order valence-electron chi connectivity index (χ1n) is 15.1. The van der Waals surface area contributed by atoms with Crippen LogP contribution in [0.4, 0.5) is 4.39 Å². The first-order valence-corrected chi connectivity index (χ1v) is 15.1. The highest BCUT2D eigenvalue weighted by Gasteiger charge is 2.17. The molecule has 0 saturated carbocycles. The minimum absolute atomic E-state index is 0.351. The van der Waals surface area contributed by atoms with Crippen LogP contribution in [-0.2, 0) is 6.54 Å². The first kappa shape index (κ1) is 28.1. The predicted octanol–water partition coefficient (Wildman–Crippen LogP) is 6.30. The van der Waals surface area contributed by atoms with Gasteiger partial charge in [0.15, 0.2) is 0 Å². The van der Waals surface area contributed by atoms with Crippen LogP contribution in [0, 0.1) is 5.82 Å². The topological polar surface area (TPSA) is 98.8 Å². The van der Waals surface area contributed by atoms with E-state index < -0.39 is 0 Å². The fourth-order valence-electron chi connectivity index (χ4n) is 5.92. The van der Waals surface area contributed by atoms with Crippen molar-refractivity contribution in [3.05, 3.63) is 78.6 Å². The second-order valence-corrected chi connectivity index (χ2v) is 11.7. The van der Waals surface area contributed by atoms with Gasteiger partial charge in [0.1, 0.15) is 29.5 Å². The van der Waals surface area contributed by atoms with Crippen LogP contribution < -0.4 is 4.74 Å². The number of hydrogen-bond acceptors (Lipinski definition) is 7. The average Bonchev–Trinajstić information content (AvgIpc) is 3.65. The van der Waals surface area contributed by atoms with Crippen molar-refractivity contribution < 1.29 is 9.13 Å². The third-order valence-corrected chi connectivity index (χ3v) is 8.17. The van der Waals surface area contributed by atoms with E-state index in [1.54, 1.807) is 6.20 Å². The van der Waals surface area contributed by atoms with Crippen LogP contribution in [0.5, 0.6) is 5.75 Å². The number of ether oxygens (including phenoxy) is 1. The van der Waals surface area contributed by atoms with Crippen LogP contribution >= 0.6 is 0 Å². The van der Waals surface area contributed by atoms with E-state index in [2.05, 4.69) is 42.2 Å². The molecule has 0 atom stereocenters. The number of nitrogens with zero attached hydrogens (tertiary/aromatic N) is 6. The maximum atomic E-state index is 14.7. The third kappa shape index (κ3) is 5.91. The maximum absolute atomic E-state index is 14.7. The Morgan fingerprint density at radius 3 is 2.68 bits per heavy atom. The SMILES string of the molecule is CN(C)CCOc1cc(F)cc(-c2ccnc3[nH]c(-c4n[nH]c5cnc(-c6cncc(CN7CCCCC7)c6)cc45)cc23)c1. The zero-order chi connectivity index (χ0) is 30.0. The summed E-state index contributed by atoms with van der Waals surface area (Å²) >= 11 is 0. The molecule has 224 valence electrons. The molecule has 0 spiro atoms. The fourth-order valence-corrected chi connectivity index (χ4v) is 5.92. The normalized spacial score (nSPS) is 14.2. The highest BCUT2D eigenvalue weighted by molar-refractivity contribution is 6.00. The highest BCUT2D eigenvalue weighted by atomic mass is 19.1. The van der Waals surface area contributed by atoms with Crippen molar-refractivity contribution in [2.75, 3.05) is 40.3 Å². The summed E-state index contributed by atoms with van der Waals surface area (Å²) in [6, 6.07) is 13.0. The number of nitrogens with one attached hydrogen (secondary N) is 2. The summed E-state index contributed by atoms with van der Waals surface area (Å²) in [5.74, 6) is 0.145. The lowest BCUT2D eigenvalue weighted by atomic mass is 10.0. The Balaban J connectivity index is 1.21. The van der Waals surface area contributed by atoms with E-state index in [4.69, 9.17) is 9.72 Å². The molecule has 1 aliphatic heterocycles. The van der Waals surface area contributed by atoms with Crippen molar-refractivity contribution in [2.45, 2.75) is 25.8 Å². The van der Waals surface area contributed by atoms with E-state index in [1.807, 2.05) is 55.8 Å². The molecule has 0 unspecified atom stereocenters. The van der Waals surface area contributed by atoms with Gasteiger partial charge in [-0.3, -0.25) is 20.0 Å². The first-order chi connectivity index (χ1) is 21.5. The molecule has 1 aromatic carbocycles. The van der Waals surface area contributed by atoms with Crippen molar-refractivity contribution >= 4 is 21.9 Å². The summed E-state index contributed by atoms with van der Waals surface area (Å²) in [5, 5.41) is 9.56. The Kier molecular flexibility index (Phi) is 7.76. The van der Waals surface area contributed by atoms with Crippen LogP contribution in [0.15, 0.2) is 67.3 Å². The van der Waals surface area contributed by atoms with Crippen molar-refractivity contribution in [3.8, 4) is 39.5 Å². The van der Waals surface area contributed by atoms with E-state index >= 15 is 0 Å². The number of benzene rings is 1. The molecule has 0 amide bonds. The number of likely N-dealkylation sites (tertiary alicyclic amines) is 1. The number of halogens is 1.